The summed E-state index contributed by atoms with van der Waals surface area (Å²) in [6.45, 7) is 10.9. The Morgan fingerprint density at radius 1 is 1.29 bits per heavy atom. The summed E-state index contributed by atoms with van der Waals surface area (Å²) in [6.07, 6.45) is 3.84. The van der Waals surface area contributed by atoms with Gasteiger partial charge in [0, 0.05) is 18.6 Å². The molecule has 118 valence electrons. The van der Waals surface area contributed by atoms with Crippen molar-refractivity contribution in [2.75, 3.05) is 13.2 Å². The molecule has 3 unspecified atom stereocenters. The van der Waals surface area contributed by atoms with Crippen LogP contribution in [0, 0.1) is 11.8 Å². The second kappa shape index (κ2) is 7.95. The first kappa shape index (κ1) is 16.5. The predicted octanol–water partition coefficient (Wildman–Crippen LogP) is 4.35. The van der Waals surface area contributed by atoms with Gasteiger partial charge in [-0.15, -0.1) is 0 Å². The molecule has 1 saturated heterocycles. The summed E-state index contributed by atoms with van der Waals surface area (Å²) in [6, 6.07) is 9.58. The van der Waals surface area contributed by atoms with Crippen LogP contribution in [0.25, 0.3) is 0 Å². The molecule has 1 aliphatic heterocycles. The van der Waals surface area contributed by atoms with Crippen molar-refractivity contribution in [1.82, 2.24) is 5.32 Å². The number of nitrogens with one attached hydrogen (secondary N) is 1. The molecular formula is C19H31NO. The molecule has 0 spiro atoms. The summed E-state index contributed by atoms with van der Waals surface area (Å²) in [5.41, 5.74) is 2.89. The molecule has 0 aromatic heterocycles. The first-order chi connectivity index (χ1) is 10.2. The van der Waals surface area contributed by atoms with E-state index in [1.54, 1.807) is 0 Å². The summed E-state index contributed by atoms with van der Waals surface area (Å²) < 4.78 is 5.92. The lowest BCUT2D eigenvalue weighted by molar-refractivity contribution is 0.0776. The van der Waals surface area contributed by atoms with Crippen LogP contribution in [0.2, 0.25) is 0 Å². The first-order valence-corrected chi connectivity index (χ1v) is 8.59. The number of hydrogen-bond donors (Lipinski definition) is 1. The van der Waals surface area contributed by atoms with Crippen LogP contribution in [-0.4, -0.2) is 19.3 Å². The zero-order chi connectivity index (χ0) is 15.2. The average molecular weight is 289 g/mol. The molecule has 3 atom stereocenters. The minimum Gasteiger partial charge on any atom is -0.378 e. The Balaban J connectivity index is 2.21. The fourth-order valence-electron chi connectivity index (χ4n) is 3.59. The lowest BCUT2D eigenvalue weighted by atomic mass is 9.85. The van der Waals surface area contributed by atoms with Crippen LogP contribution in [0.5, 0.6) is 0 Å². The highest BCUT2D eigenvalue weighted by Crippen LogP contribution is 2.35. The highest BCUT2D eigenvalue weighted by Gasteiger charge is 2.34. The van der Waals surface area contributed by atoms with E-state index < -0.39 is 0 Å². The molecule has 0 radical (unpaired) electrons. The van der Waals surface area contributed by atoms with Crippen LogP contribution in [0.3, 0.4) is 0 Å². The fraction of sp³-hybridized carbons (Fsp3) is 0.684. The van der Waals surface area contributed by atoms with E-state index in [0.29, 0.717) is 24.0 Å². The maximum absolute atomic E-state index is 5.92. The van der Waals surface area contributed by atoms with Crippen molar-refractivity contribution in [2.24, 2.45) is 11.8 Å². The van der Waals surface area contributed by atoms with E-state index in [0.717, 1.165) is 26.0 Å². The van der Waals surface area contributed by atoms with Crippen molar-refractivity contribution < 1.29 is 4.74 Å². The van der Waals surface area contributed by atoms with Crippen molar-refractivity contribution in [3.8, 4) is 0 Å². The molecule has 1 fully saturated rings. The molecule has 1 aromatic carbocycles. The fourth-order valence-corrected chi connectivity index (χ4v) is 3.59. The molecule has 0 saturated carbocycles. The van der Waals surface area contributed by atoms with Crippen LogP contribution in [0.15, 0.2) is 24.3 Å². The third-order valence-corrected chi connectivity index (χ3v) is 4.47. The number of ether oxygens (including phenoxy) is 1. The second-order valence-corrected chi connectivity index (χ2v) is 6.65. The Morgan fingerprint density at radius 2 is 2.10 bits per heavy atom. The third-order valence-electron chi connectivity index (χ3n) is 4.47. The monoisotopic (exact) mass is 289 g/mol. The molecule has 2 heteroatoms. The molecule has 1 aromatic rings. The lowest BCUT2D eigenvalue weighted by Crippen LogP contribution is -2.32. The van der Waals surface area contributed by atoms with Gasteiger partial charge < -0.3 is 10.1 Å². The van der Waals surface area contributed by atoms with E-state index in [-0.39, 0.29) is 0 Å². The molecule has 0 bridgehead atoms. The Hall–Kier alpha value is -0.860. The molecule has 0 aliphatic carbocycles. The first-order valence-electron chi connectivity index (χ1n) is 8.59. The van der Waals surface area contributed by atoms with E-state index in [9.17, 15) is 0 Å². The van der Waals surface area contributed by atoms with Crippen molar-refractivity contribution in [3.63, 3.8) is 0 Å². The Morgan fingerprint density at radius 3 is 2.76 bits per heavy atom. The lowest BCUT2D eigenvalue weighted by Gasteiger charge is -2.28. The van der Waals surface area contributed by atoms with Crippen LogP contribution in [0.1, 0.15) is 57.7 Å². The Bertz CT molecular complexity index is 429. The van der Waals surface area contributed by atoms with Gasteiger partial charge in [-0.05, 0) is 42.9 Å². The van der Waals surface area contributed by atoms with Gasteiger partial charge in [-0.1, -0.05) is 52.0 Å². The van der Waals surface area contributed by atoms with Crippen LogP contribution >= 0.6 is 0 Å². The van der Waals surface area contributed by atoms with E-state index >= 15 is 0 Å². The van der Waals surface area contributed by atoms with Crippen LogP contribution < -0.4 is 5.32 Å². The van der Waals surface area contributed by atoms with Crippen molar-refractivity contribution >= 4 is 0 Å². The topological polar surface area (TPSA) is 21.3 Å². The maximum atomic E-state index is 5.92. The molecule has 21 heavy (non-hydrogen) atoms. The normalized spacial score (nSPS) is 23.7. The van der Waals surface area contributed by atoms with Gasteiger partial charge in [0.1, 0.15) is 0 Å². The SMILES string of the molecule is CCNC(c1cccc(CC(C)C)c1)C1CCOC1CC. The van der Waals surface area contributed by atoms with Crippen LogP contribution in [-0.2, 0) is 11.2 Å². The van der Waals surface area contributed by atoms with Gasteiger partial charge in [0.25, 0.3) is 0 Å². The van der Waals surface area contributed by atoms with Crippen molar-refractivity contribution in [1.29, 1.82) is 0 Å². The van der Waals surface area contributed by atoms with Gasteiger partial charge in [-0.2, -0.15) is 0 Å². The molecule has 1 heterocycles. The predicted molar refractivity (Wildman–Crippen MR) is 89.5 cm³/mol. The Labute approximate surface area is 130 Å². The third kappa shape index (κ3) is 4.31. The smallest absolute Gasteiger partial charge is 0.0619 e. The molecular weight excluding hydrogens is 258 g/mol. The molecule has 2 nitrogen and oxygen atoms in total. The van der Waals surface area contributed by atoms with Crippen LogP contribution in [0.4, 0.5) is 0 Å². The van der Waals surface area contributed by atoms with E-state index in [1.807, 2.05) is 0 Å². The van der Waals surface area contributed by atoms with Gasteiger partial charge in [-0.3, -0.25) is 0 Å². The second-order valence-electron chi connectivity index (χ2n) is 6.65. The van der Waals surface area contributed by atoms with Crippen molar-refractivity contribution in [3.05, 3.63) is 35.4 Å². The van der Waals surface area contributed by atoms with E-state index in [1.165, 1.54) is 17.5 Å². The summed E-state index contributed by atoms with van der Waals surface area (Å²) in [5.74, 6) is 1.31. The van der Waals surface area contributed by atoms with Crippen molar-refractivity contribution in [2.45, 2.75) is 59.1 Å². The van der Waals surface area contributed by atoms with E-state index in [2.05, 4.69) is 57.3 Å². The summed E-state index contributed by atoms with van der Waals surface area (Å²) in [4.78, 5) is 0. The number of hydrogen-bond acceptors (Lipinski definition) is 2. The van der Waals surface area contributed by atoms with E-state index in [4.69, 9.17) is 4.74 Å². The Kier molecular flexibility index (Phi) is 6.25. The molecule has 2 rings (SSSR count). The summed E-state index contributed by atoms with van der Waals surface area (Å²) >= 11 is 0. The highest BCUT2D eigenvalue weighted by atomic mass is 16.5. The molecule has 0 amide bonds. The standard InChI is InChI=1S/C19H31NO/c1-5-18-17(10-11-21-18)19(20-6-2)16-9-7-8-15(13-16)12-14(3)4/h7-9,13-14,17-20H,5-6,10-12H2,1-4H3. The number of rotatable bonds is 7. The quantitative estimate of drug-likeness (QED) is 0.805. The largest absolute Gasteiger partial charge is 0.378 e. The van der Waals surface area contributed by atoms with Gasteiger partial charge in [0.05, 0.1) is 6.10 Å². The van der Waals surface area contributed by atoms with Gasteiger partial charge in [0.15, 0.2) is 0 Å². The summed E-state index contributed by atoms with van der Waals surface area (Å²) in [5, 5.41) is 3.71. The molecule has 1 aliphatic rings. The van der Waals surface area contributed by atoms with Gasteiger partial charge in [0.2, 0.25) is 0 Å². The van der Waals surface area contributed by atoms with Gasteiger partial charge in [-0.25, -0.2) is 0 Å². The van der Waals surface area contributed by atoms with Gasteiger partial charge >= 0.3 is 0 Å². The summed E-state index contributed by atoms with van der Waals surface area (Å²) in [7, 11) is 0. The maximum Gasteiger partial charge on any atom is 0.0619 e. The minimum atomic E-state index is 0.405. The average Bonchev–Trinajstić information content (AvgIpc) is 2.92. The molecule has 1 N–H and O–H groups in total. The number of benzene rings is 1. The zero-order valence-corrected chi connectivity index (χ0v) is 14.1. The highest BCUT2D eigenvalue weighted by molar-refractivity contribution is 5.27. The zero-order valence-electron chi connectivity index (χ0n) is 14.1. The minimum absolute atomic E-state index is 0.405.